The third kappa shape index (κ3) is 22.1. The average Bonchev–Trinajstić information content (AvgIpc) is 1.00. The van der Waals surface area contributed by atoms with Gasteiger partial charge in [-0.2, -0.15) is 0 Å². The van der Waals surface area contributed by atoms with Crippen LogP contribution in [-0.2, 0) is 27.9 Å². The van der Waals surface area contributed by atoms with Gasteiger partial charge in [0.05, 0.1) is 0 Å². The predicted octanol–water partition coefficient (Wildman–Crippen LogP) is -5.35. The molecule has 0 aromatic carbocycles. The topological polar surface area (TPSA) is 0 Å². The fourth-order valence-corrected chi connectivity index (χ4v) is 0. The summed E-state index contributed by atoms with van der Waals surface area (Å²) in [5.41, 5.74) is 0. The molecule has 0 radical (unpaired) electrons. The summed E-state index contributed by atoms with van der Waals surface area (Å²) in [6.45, 7) is 0. The van der Waals surface area contributed by atoms with Crippen LogP contribution in [0.5, 0.6) is 0 Å². The van der Waals surface area contributed by atoms with Crippen molar-refractivity contribution in [1.29, 1.82) is 0 Å². The van der Waals surface area contributed by atoms with Crippen molar-refractivity contribution in [3.63, 3.8) is 0 Å². The molecule has 0 saturated heterocycles. The SMILES string of the molecule is [Li+].[Li+].[S-2].[S]=[Fe]. The molecular weight excluding hydrogens is 134 g/mol. The van der Waals surface area contributed by atoms with E-state index in [1.807, 2.05) is 0 Å². The van der Waals surface area contributed by atoms with Gasteiger partial charge in [0.1, 0.15) is 0 Å². The molecule has 0 aromatic heterocycles. The van der Waals surface area contributed by atoms with Crippen molar-refractivity contribution in [1.82, 2.24) is 0 Å². The molecule has 5 heteroatoms. The van der Waals surface area contributed by atoms with Gasteiger partial charge < -0.3 is 13.5 Å². The fraction of sp³-hybridized carbons (Fsp3) is 0. The molecule has 0 N–H and O–H groups in total. The van der Waals surface area contributed by atoms with Crippen molar-refractivity contribution >= 4 is 24.0 Å². The Labute approximate surface area is 75.3 Å². The van der Waals surface area contributed by atoms with E-state index in [0.29, 0.717) is 0 Å². The molecule has 0 unspecified atom stereocenters. The standard InChI is InChI=1S/Fe.2Li.2S/q;2*+1;;-2. The van der Waals surface area contributed by atoms with E-state index in [4.69, 9.17) is 0 Å². The van der Waals surface area contributed by atoms with E-state index < -0.39 is 0 Å². The van der Waals surface area contributed by atoms with Crippen LogP contribution in [0.25, 0.3) is 0 Å². The normalized spacial score (nSPS) is 1.00. The van der Waals surface area contributed by atoms with Gasteiger partial charge in [-0.15, -0.1) is 0 Å². The van der Waals surface area contributed by atoms with Crippen molar-refractivity contribution in [2.24, 2.45) is 0 Å². The molecule has 0 aliphatic heterocycles. The molecule has 22 valence electrons. The van der Waals surface area contributed by atoms with Gasteiger partial charge in [0, 0.05) is 0 Å². The zero-order valence-electron chi connectivity index (χ0n) is 3.17. The fourth-order valence-electron chi connectivity index (χ4n) is 0. The van der Waals surface area contributed by atoms with Crippen molar-refractivity contribution in [2.45, 2.75) is 0 Å². The molecule has 0 heterocycles. The summed E-state index contributed by atoms with van der Waals surface area (Å²) in [6.07, 6.45) is 0. The quantitative estimate of drug-likeness (QED) is 0.298. The molecule has 0 amide bonds. The second-order valence-electron chi connectivity index (χ2n) is 0. The van der Waals surface area contributed by atoms with Gasteiger partial charge in [0.25, 0.3) is 0 Å². The molecule has 0 rings (SSSR count). The first-order chi connectivity index (χ1) is 1.00. The van der Waals surface area contributed by atoms with Gasteiger partial charge in [0.15, 0.2) is 0 Å². The Bertz CT molecular complexity index is 7.61. The van der Waals surface area contributed by atoms with Crippen LogP contribution in [-0.4, -0.2) is 0 Å². The van der Waals surface area contributed by atoms with Gasteiger partial charge in [-0.3, -0.25) is 0 Å². The zero-order chi connectivity index (χ0) is 2.00. The molecule has 0 bridgehead atoms. The van der Waals surface area contributed by atoms with Crippen LogP contribution in [0.3, 0.4) is 0 Å². The maximum atomic E-state index is 3.83. The Morgan fingerprint density at radius 3 is 1.00 bits per heavy atom. The summed E-state index contributed by atoms with van der Waals surface area (Å²) in [5, 5.41) is 0. The molecule has 0 nitrogen and oxygen atoms in total. The van der Waals surface area contributed by atoms with E-state index >= 15 is 0 Å². The van der Waals surface area contributed by atoms with Crippen molar-refractivity contribution in [3.8, 4) is 0 Å². The van der Waals surface area contributed by atoms with Crippen molar-refractivity contribution < 1.29 is 52.1 Å². The molecule has 0 saturated carbocycles. The first-order valence-corrected chi connectivity index (χ1v) is 1.79. The molecule has 0 aliphatic carbocycles. The Morgan fingerprint density at radius 2 is 1.00 bits per heavy atom. The minimum absolute atomic E-state index is 0. The summed E-state index contributed by atoms with van der Waals surface area (Å²) in [5.74, 6) is 0. The molecule has 5 heavy (non-hydrogen) atoms. The van der Waals surface area contributed by atoms with E-state index in [0.717, 1.165) is 0 Å². The second-order valence-corrected chi connectivity index (χ2v) is 0. The van der Waals surface area contributed by atoms with Crippen LogP contribution in [0.15, 0.2) is 0 Å². The second kappa shape index (κ2) is 33.6. The number of hydrogen-bond donors (Lipinski definition) is 0. The summed E-state index contributed by atoms with van der Waals surface area (Å²) in [7, 11) is 3.83. The van der Waals surface area contributed by atoms with E-state index in [9.17, 15) is 0 Å². The van der Waals surface area contributed by atoms with Crippen LogP contribution in [0.1, 0.15) is 0 Å². The Balaban J connectivity index is -0.00000000167. The molecule has 0 atom stereocenters. The van der Waals surface area contributed by atoms with Crippen molar-refractivity contribution in [2.75, 3.05) is 0 Å². The van der Waals surface area contributed by atoms with Crippen LogP contribution in [0.2, 0.25) is 0 Å². The third-order valence-corrected chi connectivity index (χ3v) is 0. The number of hydrogen-bond acceptors (Lipinski definition) is 1. The van der Waals surface area contributed by atoms with Crippen LogP contribution >= 0.6 is 10.6 Å². The van der Waals surface area contributed by atoms with Crippen LogP contribution < -0.4 is 37.7 Å². The number of rotatable bonds is 0. The molecule has 0 aromatic rings. The van der Waals surface area contributed by atoms with Crippen LogP contribution in [0, 0.1) is 0 Å². The predicted molar refractivity (Wildman–Crippen MR) is 15.0 cm³/mol. The molecular formula is FeLi2S2. The summed E-state index contributed by atoms with van der Waals surface area (Å²) >= 11 is 2.83. The van der Waals surface area contributed by atoms with Gasteiger partial charge in [-0.05, 0) is 0 Å². The first-order valence-electron chi connectivity index (χ1n) is 0.144. The summed E-state index contributed by atoms with van der Waals surface area (Å²) in [6, 6.07) is 0. The Morgan fingerprint density at radius 1 is 1.00 bits per heavy atom. The van der Waals surface area contributed by atoms with E-state index in [2.05, 4.69) is 24.9 Å². The van der Waals surface area contributed by atoms with Gasteiger partial charge >= 0.3 is 62.7 Å². The third-order valence-electron chi connectivity index (χ3n) is 0. The van der Waals surface area contributed by atoms with E-state index in [1.165, 1.54) is 0 Å². The van der Waals surface area contributed by atoms with Crippen LogP contribution in [0.4, 0.5) is 0 Å². The van der Waals surface area contributed by atoms with E-state index in [1.54, 1.807) is 0 Å². The average molecular weight is 134 g/mol. The maximum absolute atomic E-state index is 3.83. The van der Waals surface area contributed by atoms with Gasteiger partial charge in [-0.25, -0.2) is 0 Å². The monoisotopic (exact) mass is 134 g/mol. The van der Waals surface area contributed by atoms with Gasteiger partial charge in [0.2, 0.25) is 0 Å². The minimum atomic E-state index is 0. The summed E-state index contributed by atoms with van der Waals surface area (Å²) in [4.78, 5) is 0. The molecule has 0 aliphatic rings. The Hall–Kier alpha value is 2.28. The molecule has 0 spiro atoms. The first kappa shape index (κ1) is 26.7. The van der Waals surface area contributed by atoms with E-state index in [-0.39, 0.29) is 51.2 Å². The van der Waals surface area contributed by atoms with Crippen molar-refractivity contribution in [3.05, 3.63) is 0 Å². The zero-order valence-corrected chi connectivity index (χ0v) is 5.91. The molecule has 0 fully saturated rings. The Kier molecular flexibility index (Phi) is 179. The summed E-state index contributed by atoms with van der Waals surface area (Å²) < 4.78 is 0. The van der Waals surface area contributed by atoms with Gasteiger partial charge in [-0.1, -0.05) is 0 Å².